The van der Waals surface area contributed by atoms with E-state index < -0.39 is 11.3 Å². The van der Waals surface area contributed by atoms with E-state index in [1.165, 1.54) is 0 Å². The van der Waals surface area contributed by atoms with Crippen molar-refractivity contribution in [2.75, 3.05) is 7.05 Å². The minimum absolute atomic E-state index is 0.130. The van der Waals surface area contributed by atoms with Crippen LogP contribution in [0.1, 0.15) is 25.8 Å². The van der Waals surface area contributed by atoms with Crippen LogP contribution in [0.5, 0.6) is 11.5 Å². The average Bonchev–Trinajstić information content (AvgIpc) is 2.68. The Morgan fingerprint density at radius 1 is 1.17 bits per heavy atom. The van der Waals surface area contributed by atoms with Crippen molar-refractivity contribution in [3.63, 3.8) is 0 Å². The molecule has 1 atom stereocenters. The fourth-order valence-corrected chi connectivity index (χ4v) is 3.08. The van der Waals surface area contributed by atoms with Gasteiger partial charge in [-0.1, -0.05) is 73.5 Å². The molecule has 2 aromatic carbocycles. The Labute approximate surface area is 182 Å². The van der Waals surface area contributed by atoms with E-state index >= 15 is 0 Å². The number of para-hydroxylation sites is 1. The van der Waals surface area contributed by atoms with Crippen molar-refractivity contribution in [1.82, 2.24) is 4.90 Å². The van der Waals surface area contributed by atoms with Crippen LogP contribution in [0.25, 0.3) is 0 Å². The standard InChI is InChI=1S/C23H24Cl2N2O2/c1-23(2,13-12-21(24)25)20(15-26)22(28)27(3)16-17-8-7-11-19(14-17)29-18-9-5-4-6-10-18/h4-12,14,20H,13,16H2,1-3H3. The first-order valence-corrected chi connectivity index (χ1v) is 9.96. The van der Waals surface area contributed by atoms with Crippen LogP contribution < -0.4 is 4.74 Å². The second-order valence-corrected chi connectivity index (χ2v) is 8.51. The molecule has 4 nitrogen and oxygen atoms in total. The van der Waals surface area contributed by atoms with E-state index in [1.807, 2.05) is 68.4 Å². The van der Waals surface area contributed by atoms with Crippen LogP contribution in [0.4, 0.5) is 0 Å². The van der Waals surface area contributed by atoms with E-state index in [1.54, 1.807) is 18.0 Å². The van der Waals surface area contributed by atoms with Crippen LogP contribution in [-0.4, -0.2) is 17.9 Å². The lowest BCUT2D eigenvalue weighted by molar-refractivity contribution is -0.136. The SMILES string of the molecule is CN(Cc1cccc(Oc2ccccc2)c1)C(=O)C(C#N)C(C)(C)CC=C(Cl)Cl. The van der Waals surface area contributed by atoms with E-state index in [4.69, 9.17) is 27.9 Å². The average molecular weight is 431 g/mol. The molecular formula is C23H24Cl2N2O2. The van der Waals surface area contributed by atoms with Gasteiger partial charge in [0.05, 0.1) is 6.07 Å². The van der Waals surface area contributed by atoms with Gasteiger partial charge in [0.1, 0.15) is 21.9 Å². The summed E-state index contributed by atoms with van der Waals surface area (Å²) in [6.07, 6.45) is 2.04. The van der Waals surface area contributed by atoms with Crippen molar-refractivity contribution in [1.29, 1.82) is 5.26 Å². The zero-order valence-corrected chi connectivity index (χ0v) is 18.2. The third-order valence-corrected chi connectivity index (χ3v) is 4.92. The molecule has 1 amide bonds. The van der Waals surface area contributed by atoms with Crippen molar-refractivity contribution >= 4 is 29.1 Å². The number of hydrogen-bond acceptors (Lipinski definition) is 3. The fraction of sp³-hybridized carbons (Fsp3) is 0.304. The highest BCUT2D eigenvalue weighted by molar-refractivity contribution is 6.55. The van der Waals surface area contributed by atoms with Gasteiger partial charge in [-0.15, -0.1) is 0 Å². The minimum Gasteiger partial charge on any atom is -0.457 e. The van der Waals surface area contributed by atoms with Gasteiger partial charge in [0.15, 0.2) is 0 Å². The highest BCUT2D eigenvalue weighted by Crippen LogP contribution is 2.33. The number of carbonyl (C=O) groups is 1. The molecule has 0 aliphatic carbocycles. The summed E-state index contributed by atoms with van der Waals surface area (Å²) >= 11 is 11.4. The van der Waals surface area contributed by atoms with Gasteiger partial charge in [-0.2, -0.15) is 5.26 Å². The lowest BCUT2D eigenvalue weighted by Crippen LogP contribution is -2.39. The van der Waals surface area contributed by atoms with Gasteiger partial charge in [-0.3, -0.25) is 4.79 Å². The summed E-state index contributed by atoms with van der Waals surface area (Å²) in [4.78, 5) is 14.5. The first-order valence-electron chi connectivity index (χ1n) is 9.20. The Hall–Kier alpha value is -2.48. The summed E-state index contributed by atoms with van der Waals surface area (Å²) in [5.74, 6) is 0.367. The number of rotatable bonds is 8. The van der Waals surface area contributed by atoms with Crippen molar-refractivity contribution < 1.29 is 9.53 Å². The normalized spacial score (nSPS) is 11.9. The quantitative estimate of drug-likeness (QED) is 0.492. The van der Waals surface area contributed by atoms with Crippen molar-refractivity contribution in [2.24, 2.45) is 11.3 Å². The first-order chi connectivity index (χ1) is 13.7. The molecule has 6 heteroatoms. The van der Waals surface area contributed by atoms with Gasteiger partial charge in [0.2, 0.25) is 5.91 Å². The van der Waals surface area contributed by atoms with E-state index in [2.05, 4.69) is 6.07 Å². The summed E-state index contributed by atoms with van der Waals surface area (Å²) in [7, 11) is 1.69. The molecule has 0 spiro atoms. The molecule has 0 bridgehead atoms. The van der Waals surface area contributed by atoms with Crippen molar-refractivity contribution in [3.05, 3.63) is 70.7 Å². The smallest absolute Gasteiger partial charge is 0.240 e. The molecule has 0 heterocycles. The molecule has 152 valence electrons. The molecule has 0 N–H and O–H groups in total. The minimum atomic E-state index is -0.819. The van der Waals surface area contributed by atoms with E-state index in [0.717, 1.165) is 11.3 Å². The summed E-state index contributed by atoms with van der Waals surface area (Å²) < 4.78 is 5.98. The number of nitrogens with zero attached hydrogens (tertiary/aromatic N) is 2. The first kappa shape index (κ1) is 22.8. The lowest BCUT2D eigenvalue weighted by atomic mass is 9.76. The van der Waals surface area contributed by atoms with Crippen molar-refractivity contribution in [3.8, 4) is 17.6 Å². The highest BCUT2D eigenvalue weighted by atomic mass is 35.5. The van der Waals surface area contributed by atoms with E-state index in [0.29, 0.717) is 18.7 Å². The van der Waals surface area contributed by atoms with Gasteiger partial charge >= 0.3 is 0 Å². The van der Waals surface area contributed by atoms with Crippen LogP contribution in [0.15, 0.2) is 65.2 Å². The number of amides is 1. The second kappa shape index (κ2) is 10.3. The van der Waals surface area contributed by atoms with Gasteiger partial charge < -0.3 is 9.64 Å². The molecule has 0 aliphatic heterocycles. The van der Waals surface area contributed by atoms with Crippen LogP contribution >= 0.6 is 23.2 Å². The van der Waals surface area contributed by atoms with Gasteiger partial charge in [0.25, 0.3) is 0 Å². The zero-order valence-electron chi connectivity index (χ0n) is 16.7. The Balaban J connectivity index is 2.09. The third kappa shape index (κ3) is 6.81. The Kier molecular flexibility index (Phi) is 8.13. The number of ether oxygens (including phenoxy) is 1. The number of allylic oxidation sites excluding steroid dienone is 1. The number of benzene rings is 2. The molecule has 2 rings (SSSR count). The monoisotopic (exact) mass is 430 g/mol. The van der Waals surface area contributed by atoms with Crippen LogP contribution in [0.3, 0.4) is 0 Å². The van der Waals surface area contributed by atoms with Gasteiger partial charge in [0, 0.05) is 13.6 Å². The maximum Gasteiger partial charge on any atom is 0.240 e. The Morgan fingerprint density at radius 2 is 1.83 bits per heavy atom. The third-order valence-electron chi connectivity index (χ3n) is 4.61. The topological polar surface area (TPSA) is 53.3 Å². The van der Waals surface area contributed by atoms with Gasteiger partial charge in [-0.05, 0) is 41.7 Å². The van der Waals surface area contributed by atoms with Gasteiger partial charge in [-0.25, -0.2) is 0 Å². The number of hydrogen-bond donors (Lipinski definition) is 0. The lowest BCUT2D eigenvalue weighted by Gasteiger charge is -2.31. The largest absolute Gasteiger partial charge is 0.457 e. The summed E-state index contributed by atoms with van der Waals surface area (Å²) in [5, 5.41) is 9.62. The molecule has 0 saturated heterocycles. The summed E-state index contributed by atoms with van der Waals surface area (Å²) in [6, 6.07) is 19.2. The van der Waals surface area contributed by atoms with Crippen molar-refractivity contribution in [2.45, 2.75) is 26.8 Å². The van der Waals surface area contributed by atoms with Crippen LogP contribution in [0.2, 0.25) is 0 Å². The molecule has 2 aromatic rings. The predicted molar refractivity (Wildman–Crippen MR) is 117 cm³/mol. The zero-order chi connectivity index (χ0) is 21.4. The molecule has 0 fully saturated rings. The van der Waals surface area contributed by atoms with E-state index in [9.17, 15) is 10.1 Å². The van der Waals surface area contributed by atoms with Crippen LogP contribution in [-0.2, 0) is 11.3 Å². The molecule has 0 saturated carbocycles. The highest BCUT2D eigenvalue weighted by Gasteiger charge is 2.36. The number of nitriles is 1. The molecular weight excluding hydrogens is 407 g/mol. The molecule has 1 unspecified atom stereocenters. The predicted octanol–water partition coefficient (Wildman–Crippen LogP) is 6.31. The molecule has 0 radical (unpaired) electrons. The Bertz CT molecular complexity index is 901. The fourth-order valence-electron chi connectivity index (χ4n) is 2.93. The number of carbonyl (C=O) groups excluding carboxylic acids is 1. The maximum atomic E-state index is 12.9. The summed E-state index contributed by atoms with van der Waals surface area (Å²) in [6.45, 7) is 4.08. The molecule has 0 aliphatic rings. The van der Waals surface area contributed by atoms with E-state index in [-0.39, 0.29) is 10.4 Å². The Morgan fingerprint density at radius 3 is 2.45 bits per heavy atom. The second-order valence-electron chi connectivity index (χ2n) is 7.51. The maximum absolute atomic E-state index is 12.9. The number of halogens is 2. The summed E-state index contributed by atoms with van der Waals surface area (Å²) in [5.41, 5.74) is 0.306. The van der Waals surface area contributed by atoms with Crippen LogP contribution in [0, 0.1) is 22.7 Å². The molecule has 29 heavy (non-hydrogen) atoms. The molecule has 0 aromatic heterocycles.